The van der Waals surface area contributed by atoms with Crippen LogP contribution >= 0.6 is 0 Å². The van der Waals surface area contributed by atoms with Crippen LogP contribution in [0.1, 0.15) is 0 Å². The topological polar surface area (TPSA) is 147 Å². The van der Waals surface area contributed by atoms with E-state index in [0.717, 1.165) is 0 Å². The Morgan fingerprint density at radius 1 is 0.591 bits per heavy atom. The SMILES string of the molecule is N#CC(C#N)=c1c2n[se]nc2c(=C(C#N)C#N)c2n[se]nc12. The molecule has 22 heavy (non-hydrogen) atoms. The monoisotopic (exact) mass is 416 g/mol. The molecule has 0 amide bonds. The average molecular weight is 414 g/mol. The Labute approximate surface area is 134 Å². The van der Waals surface area contributed by atoms with Crippen LogP contribution in [-0.4, -0.2) is 45.8 Å². The zero-order chi connectivity index (χ0) is 15.7. The molecular weight excluding hydrogens is 414 g/mol. The molecule has 0 saturated heterocycles. The van der Waals surface area contributed by atoms with E-state index in [0.29, 0.717) is 32.5 Å². The number of hydrogen-bond acceptors (Lipinski definition) is 8. The summed E-state index contributed by atoms with van der Waals surface area (Å²) >= 11 is -0.920. The van der Waals surface area contributed by atoms with Gasteiger partial charge in [0, 0.05) is 0 Å². The van der Waals surface area contributed by atoms with Crippen LogP contribution in [0.3, 0.4) is 0 Å². The van der Waals surface area contributed by atoms with E-state index in [1.165, 1.54) is 0 Å². The number of aromatic nitrogens is 4. The molecule has 0 radical (unpaired) electrons. The summed E-state index contributed by atoms with van der Waals surface area (Å²) in [5, 5.41) is 37.2. The molecule has 0 saturated carbocycles. The fourth-order valence-corrected chi connectivity index (χ4v) is 4.35. The molecule has 0 bridgehead atoms. The maximum atomic E-state index is 9.16. The third-order valence-electron chi connectivity index (χ3n) is 2.87. The van der Waals surface area contributed by atoms with Gasteiger partial charge in [0.05, 0.1) is 0 Å². The second-order valence-electron chi connectivity index (χ2n) is 3.87. The van der Waals surface area contributed by atoms with Crippen LogP contribution in [0.25, 0.3) is 33.2 Å². The molecule has 3 rings (SSSR count). The molecule has 0 unspecified atom stereocenters. The van der Waals surface area contributed by atoms with Crippen molar-refractivity contribution in [3.8, 4) is 24.3 Å². The minimum atomic E-state index is -0.460. The summed E-state index contributed by atoms with van der Waals surface area (Å²) in [6, 6.07) is 7.33. The normalized spacial score (nSPS) is 9.64. The Morgan fingerprint density at radius 3 is 1.09 bits per heavy atom. The van der Waals surface area contributed by atoms with Gasteiger partial charge in [0.1, 0.15) is 0 Å². The van der Waals surface area contributed by atoms with E-state index in [-0.39, 0.29) is 11.1 Å². The number of nitriles is 4. The van der Waals surface area contributed by atoms with E-state index in [9.17, 15) is 0 Å². The van der Waals surface area contributed by atoms with Crippen molar-refractivity contribution in [1.82, 2.24) is 15.9 Å². The van der Waals surface area contributed by atoms with Crippen molar-refractivity contribution in [3.63, 3.8) is 0 Å². The third kappa shape index (κ3) is 1.85. The van der Waals surface area contributed by atoms with Crippen molar-refractivity contribution in [2.45, 2.75) is 0 Å². The molecule has 0 aliphatic rings. The van der Waals surface area contributed by atoms with Crippen molar-refractivity contribution in [3.05, 3.63) is 10.4 Å². The zero-order valence-electron chi connectivity index (χ0n) is 10.4. The molecule has 2 aromatic heterocycles. The second kappa shape index (κ2) is 5.51. The van der Waals surface area contributed by atoms with E-state index in [4.69, 9.17) is 21.0 Å². The molecule has 0 aliphatic carbocycles. The summed E-state index contributed by atoms with van der Waals surface area (Å²) in [4.78, 5) is 0. The maximum absolute atomic E-state index is 9.16. The van der Waals surface area contributed by atoms with E-state index < -0.39 is 29.9 Å². The third-order valence-corrected chi connectivity index (χ3v) is 5.09. The zero-order valence-corrected chi connectivity index (χ0v) is 13.8. The first kappa shape index (κ1) is 14.1. The number of nitrogens with zero attached hydrogens (tertiary/aromatic N) is 8. The van der Waals surface area contributed by atoms with Crippen molar-refractivity contribution in [2.24, 2.45) is 0 Å². The van der Waals surface area contributed by atoms with Gasteiger partial charge < -0.3 is 0 Å². The van der Waals surface area contributed by atoms with Crippen LogP contribution in [0.2, 0.25) is 0 Å². The molecule has 0 aliphatic heterocycles. The second-order valence-corrected chi connectivity index (χ2v) is 6.09. The molecule has 0 fully saturated rings. The van der Waals surface area contributed by atoms with Gasteiger partial charge in [-0.3, -0.25) is 0 Å². The quantitative estimate of drug-likeness (QED) is 0.387. The van der Waals surface area contributed by atoms with Crippen LogP contribution in [0.15, 0.2) is 0 Å². The fourth-order valence-electron chi connectivity index (χ4n) is 2.00. The Morgan fingerprint density at radius 2 is 0.864 bits per heavy atom. The predicted molar refractivity (Wildman–Crippen MR) is 75.0 cm³/mol. The molecular formula is C12N8Se2. The molecule has 0 N–H and O–H groups in total. The summed E-state index contributed by atoms with van der Waals surface area (Å²) in [7, 11) is 0. The number of benzene rings is 1. The first-order chi connectivity index (χ1) is 10.8. The van der Waals surface area contributed by atoms with Crippen molar-refractivity contribution >= 4 is 63.1 Å². The van der Waals surface area contributed by atoms with E-state index in [1.807, 2.05) is 24.3 Å². The summed E-state index contributed by atoms with van der Waals surface area (Å²) in [6.07, 6.45) is 0. The number of fused-ring (bicyclic) bond motifs is 2. The van der Waals surface area contributed by atoms with Crippen molar-refractivity contribution < 1.29 is 0 Å². The summed E-state index contributed by atoms with van der Waals surface area (Å²) in [6.45, 7) is 0. The summed E-state index contributed by atoms with van der Waals surface area (Å²) in [5.74, 6) is 0. The van der Waals surface area contributed by atoms with Gasteiger partial charge >= 0.3 is 135 Å². The van der Waals surface area contributed by atoms with Gasteiger partial charge in [-0.15, -0.1) is 0 Å². The van der Waals surface area contributed by atoms with Gasteiger partial charge in [0.25, 0.3) is 0 Å². The molecule has 100 valence electrons. The first-order valence-electron chi connectivity index (χ1n) is 5.52. The predicted octanol–water partition coefficient (Wildman–Crippen LogP) is -1.92. The van der Waals surface area contributed by atoms with E-state index in [2.05, 4.69) is 15.9 Å². The van der Waals surface area contributed by atoms with Crippen molar-refractivity contribution in [1.29, 1.82) is 21.0 Å². The molecule has 10 heteroatoms. The molecule has 3 aromatic rings. The molecule has 1 aromatic carbocycles. The van der Waals surface area contributed by atoms with Gasteiger partial charge in [-0.25, -0.2) is 0 Å². The Kier molecular flexibility index (Phi) is 3.53. The Bertz CT molecular complexity index is 1040. The van der Waals surface area contributed by atoms with Gasteiger partial charge in [-0.2, -0.15) is 0 Å². The molecule has 0 atom stereocenters. The minimum absolute atomic E-state index is 0.122. The number of hydrogen-bond donors (Lipinski definition) is 0. The van der Waals surface area contributed by atoms with Gasteiger partial charge in [-0.05, 0) is 0 Å². The first-order valence-corrected chi connectivity index (χ1v) is 8.58. The van der Waals surface area contributed by atoms with Crippen LogP contribution < -0.4 is 10.4 Å². The van der Waals surface area contributed by atoms with Gasteiger partial charge in [-0.1, -0.05) is 0 Å². The average Bonchev–Trinajstić information content (AvgIpc) is 3.19. The van der Waals surface area contributed by atoms with Crippen LogP contribution in [-0.2, 0) is 0 Å². The van der Waals surface area contributed by atoms with Crippen LogP contribution in [0, 0.1) is 45.3 Å². The number of rotatable bonds is 0. The van der Waals surface area contributed by atoms with Crippen LogP contribution in [0.4, 0.5) is 0 Å². The Balaban J connectivity index is 2.89. The Hall–Kier alpha value is -2.84. The van der Waals surface area contributed by atoms with Gasteiger partial charge in [0.15, 0.2) is 0 Å². The standard InChI is InChI=1S/C12N8Se2/c13-1-5(2-14)7-9-11(19-21-17-9)8(6(3-15)4-16)12-10(7)18-22-20-12. The van der Waals surface area contributed by atoms with Crippen molar-refractivity contribution in [2.75, 3.05) is 0 Å². The van der Waals surface area contributed by atoms with E-state index in [1.54, 1.807) is 0 Å². The van der Waals surface area contributed by atoms with E-state index >= 15 is 0 Å². The molecule has 8 nitrogen and oxygen atoms in total. The summed E-state index contributed by atoms with van der Waals surface area (Å²) < 4.78 is 17.0. The van der Waals surface area contributed by atoms with Gasteiger partial charge in [0.2, 0.25) is 0 Å². The fraction of sp³-hybridized carbons (Fsp3) is 0. The molecule has 0 spiro atoms. The molecule has 2 heterocycles. The van der Waals surface area contributed by atoms with Crippen LogP contribution in [0.5, 0.6) is 0 Å². The summed E-state index contributed by atoms with van der Waals surface area (Å²) in [5.41, 5.74) is 1.17.